The van der Waals surface area contributed by atoms with Gasteiger partial charge in [0.25, 0.3) is 0 Å². The van der Waals surface area contributed by atoms with Crippen molar-refractivity contribution >= 4 is 23.2 Å². The van der Waals surface area contributed by atoms with Gasteiger partial charge in [0.2, 0.25) is 0 Å². The summed E-state index contributed by atoms with van der Waals surface area (Å²) in [6.45, 7) is 0. The Morgan fingerprint density at radius 2 is 2.00 bits per heavy atom. The van der Waals surface area contributed by atoms with Gasteiger partial charge in [0.15, 0.2) is 23.1 Å². The molecule has 0 bridgehead atoms. The average Bonchev–Trinajstić information content (AvgIpc) is 2.45. The number of pyridine rings is 1. The van der Waals surface area contributed by atoms with E-state index in [1.54, 1.807) is 0 Å². The van der Waals surface area contributed by atoms with E-state index in [4.69, 9.17) is 5.73 Å². The Kier molecular flexibility index (Phi) is 3.97. The second-order valence-corrected chi connectivity index (χ2v) is 4.00. The van der Waals surface area contributed by atoms with Gasteiger partial charge >= 0.3 is 5.97 Å². The number of aromatic nitrogens is 1. The van der Waals surface area contributed by atoms with Crippen molar-refractivity contribution in [3.63, 3.8) is 0 Å². The second-order valence-electron chi connectivity index (χ2n) is 4.00. The normalized spacial score (nSPS) is 10.3. The van der Waals surface area contributed by atoms with Crippen LogP contribution in [0.1, 0.15) is 10.5 Å². The Bertz CT molecular complexity index is 707. The molecule has 3 N–H and O–H groups in total. The van der Waals surface area contributed by atoms with Crippen molar-refractivity contribution < 1.29 is 22.7 Å². The Morgan fingerprint density at radius 3 is 2.67 bits per heavy atom. The molecule has 1 aromatic heterocycles. The van der Waals surface area contributed by atoms with Gasteiger partial charge in [-0.25, -0.2) is 22.9 Å². The number of nitrogens with two attached hydrogens (primary N) is 1. The number of carbonyl (C=O) groups is 1. The van der Waals surface area contributed by atoms with Crippen LogP contribution in [0.15, 0.2) is 24.3 Å². The van der Waals surface area contributed by atoms with Crippen LogP contribution in [0.3, 0.4) is 0 Å². The van der Waals surface area contributed by atoms with E-state index in [-0.39, 0.29) is 17.2 Å². The Hall–Kier alpha value is -2.77. The maximum absolute atomic E-state index is 13.6. The lowest BCUT2D eigenvalue weighted by atomic mass is 10.2. The summed E-state index contributed by atoms with van der Waals surface area (Å²) in [6, 6.07) is 3.77. The number of anilines is 3. The molecule has 5 nitrogen and oxygen atoms in total. The lowest BCUT2D eigenvalue weighted by molar-refractivity contribution is 0.0594. The number of methoxy groups -OCH3 is 1. The number of halogens is 3. The van der Waals surface area contributed by atoms with Crippen LogP contribution < -0.4 is 11.1 Å². The largest absolute Gasteiger partial charge is 0.464 e. The number of carbonyl (C=O) groups excluding carboxylic acids is 1. The van der Waals surface area contributed by atoms with Gasteiger partial charge in [-0.15, -0.1) is 0 Å². The molecule has 2 rings (SSSR count). The van der Waals surface area contributed by atoms with Gasteiger partial charge in [0, 0.05) is 12.1 Å². The molecule has 2 aromatic rings. The van der Waals surface area contributed by atoms with Crippen LogP contribution in [-0.4, -0.2) is 18.1 Å². The SMILES string of the molecule is COC(=O)c1ccc(N)c(Nc2cc(F)cc(F)c2F)n1. The predicted molar refractivity (Wildman–Crippen MR) is 69.6 cm³/mol. The van der Waals surface area contributed by atoms with Crippen LogP contribution in [0, 0.1) is 17.5 Å². The van der Waals surface area contributed by atoms with E-state index < -0.39 is 29.1 Å². The highest BCUT2D eigenvalue weighted by Gasteiger charge is 2.15. The van der Waals surface area contributed by atoms with E-state index in [1.807, 2.05) is 0 Å². The van der Waals surface area contributed by atoms with Crippen molar-refractivity contribution in [3.05, 3.63) is 47.4 Å². The molecule has 8 heteroatoms. The van der Waals surface area contributed by atoms with Gasteiger partial charge in [-0.2, -0.15) is 0 Å². The summed E-state index contributed by atoms with van der Waals surface area (Å²) < 4.78 is 44.3. The standard InChI is InChI=1S/C13H10F3N3O2/c1-21-13(20)9-3-2-8(17)12(18-9)19-10-5-6(14)4-7(15)11(10)16/h2-5H,17H2,1H3,(H,18,19). The molecule has 1 aromatic carbocycles. The second kappa shape index (κ2) is 5.70. The lowest BCUT2D eigenvalue weighted by Crippen LogP contribution is -2.08. The van der Waals surface area contributed by atoms with Crippen LogP contribution in [0.2, 0.25) is 0 Å². The third-order valence-corrected chi connectivity index (χ3v) is 2.57. The first-order valence-electron chi connectivity index (χ1n) is 5.68. The van der Waals surface area contributed by atoms with E-state index in [0.717, 1.165) is 13.2 Å². The fourth-order valence-corrected chi connectivity index (χ4v) is 1.56. The molecule has 0 amide bonds. The van der Waals surface area contributed by atoms with Crippen molar-refractivity contribution in [2.24, 2.45) is 0 Å². The maximum atomic E-state index is 13.6. The van der Waals surface area contributed by atoms with Gasteiger partial charge in [-0.3, -0.25) is 0 Å². The maximum Gasteiger partial charge on any atom is 0.356 e. The molecule has 0 aliphatic rings. The summed E-state index contributed by atoms with van der Waals surface area (Å²) >= 11 is 0. The average molecular weight is 297 g/mol. The van der Waals surface area contributed by atoms with E-state index in [9.17, 15) is 18.0 Å². The van der Waals surface area contributed by atoms with Crippen LogP contribution in [0.4, 0.5) is 30.4 Å². The molecule has 0 fully saturated rings. The third kappa shape index (κ3) is 3.04. The molecule has 0 spiro atoms. The first kappa shape index (κ1) is 14.6. The molecule has 21 heavy (non-hydrogen) atoms. The highest BCUT2D eigenvalue weighted by atomic mass is 19.2. The van der Waals surface area contributed by atoms with Crippen LogP contribution in [0.25, 0.3) is 0 Å². The molecule has 110 valence electrons. The summed E-state index contributed by atoms with van der Waals surface area (Å²) in [5.41, 5.74) is 5.10. The van der Waals surface area contributed by atoms with Crippen molar-refractivity contribution in [3.8, 4) is 0 Å². The van der Waals surface area contributed by atoms with Gasteiger partial charge < -0.3 is 15.8 Å². The van der Waals surface area contributed by atoms with Gasteiger partial charge in [0.1, 0.15) is 5.82 Å². The topological polar surface area (TPSA) is 77.2 Å². The van der Waals surface area contributed by atoms with Crippen LogP contribution in [0.5, 0.6) is 0 Å². The summed E-state index contributed by atoms with van der Waals surface area (Å²) in [5, 5.41) is 2.34. The third-order valence-electron chi connectivity index (χ3n) is 2.57. The minimum Gasteiger partial charge on any atom is -0.464 e. The quantitative estimate of drug-likeness (QED) is 0.672. The first-order chi connectivity index (χ1) is 9.92. The Labute approximate surface area is 117 Å². The zero-order chi connectivity index (χ0) is 15.6. The van der Waals surface area contributed by atoms with Gasteiger partial charge in [-0.05, 0) is 12.1 Å². The number of hydrogen-bond donors (Lipinski definition) is 2. The molecule has 0 radical (unpaired) electrons. The van der Waals surface area contributed by atoms with Gasteiger partial charge in [-0.1, -0.05) is 0 Å². The van der Waals surface area contributed by atoms with E-state index >= 15 is 0 Å². The fourth-order valence-electron chi connectivity index (χ4n) is 1.56. The predicted octanol–water partition coefficient (Wildman–Crippen LogP) is 2.61. The Balaban J connectivity index is 2.42. The molecule has 0 aliphatic heterocycles. The van der Waals surface area contributed by atoms with Crippen molar-refractivity contribution in [2.75, 3.05) is 18.2 Å². The molecule has 0 unspecified atom stereocenters. The summed E-state index contributed by atoms with van der Waals surface area (Å²) in [7, 11) is 1.16. The van der Waals surface area contributed by atoms with Crippen molar-refractivity contribution in [1.82, 2.24) is 4.98 Å². The number of esters is 1. The molecule has 1 heterocycles. The van der Waals surface area contributed by atoms with Gasteiger partial charge in [0.05, 0.1) is 18.5 Å². The first-order valence-corrected chi connectivity index (χ1v) is 5.68. The number of nitrogens with one attached hydrogen (secondary N) is 1. The highest BCUT2D eigenvalue weighted by molar-refractivity contribution is 5.88. The van der Waals surface area contributed by atoms with Crippen LogP contribution >= 0.6 is 0 Å². The fraction of sp³-hybridized carbons (Fsp3) is 0.0769. The van der Waals surface area contributed by atoms with E-state index in [0.29, 0.717) is 6.07 Å². The zero-order valence-corrected chi connectivity index (χ0v) is 10.8. The molecular weight excluding hydrogens is 287 g/mol. The number of nitrogens with zero attached hydrogens (tertiary/aromatic N) is 1. The van der Waals surface area contributed by atoms with E-state index in [2.05, 4.69) is 15.0 Å². The summed E-state index contributed by atoms with van der Waals surface area (Å²) in [4.78, 5) is 15.2. The van der Waals surface area contributed by atoms with E-state index in [1.165, 1.54) is 12.1 Å². The summed E-state index contributed by atoms with van der Waals surface area (Å²) in [5.74, 6) is -4.48. The number of ether oxygens (including phenoxy) is 1. The van der Waals surface area contributed by atoms with Crippen molar-refractivity contribution in [2.45, 2.75) is 0 Å². The number of rotatable bonds is 3. The van der Waals surface area contributed by atoms with Crippen LogP contribution in [-0.2, 0) is 4.74 Å². The Morgan fingerprint density at radius 1 is 1.29 bits per heavy atom. The zero-order valence-electron chi connectivity index (χ0n) is 10.8. The minimum atomic E-state index is -1.36. The number of benzene rings is 1. The molecule has 0 saturated carbocycles. The number of nitrogen functional groups attached to an aromatic ring is 1. The summed E-state index contributed by atoms with van der Waals surface area (Å²) in [6.07, 6.45) is 0. The molecule has 0 saturated heterocycles. The highest BCUT2D eigenvalue weighted by Crippen LogP contribution is 2.25. The monoisotopic (exact) mass is 297 g/mol. The number of hydrogen-bond acceptors (Lipinski definition) is 5. The smallest absolute Gasteiger partial charge is 0.356 e. The molecule has 0 aliphatic carbocycles. The minimum absolute atomic E-state index is 0.0618. The van der Waals surface area contributed by atoms with Crippen molar-refractivity contribution in [1.29, 1.82) is 0 Å². The molecule has 0 atom stereocenters. The lowest BCUT2D eigenvalue weighted by Gasteiger charge is -2.11. The molecular formula is C13H10F3N3O2.